The fourth-order valence-corrected chi connectivity index (χ4v) is 1.00. The number of aromatic hydroxyl groups is 1. The van der Waals surface area contributed by atoms with Gasteiger partial charge in [0, 0.05) is 0 Å². The van der Waals surface area contributed by atoms with Gasteiger partial charge in [-0.05, 0) is 12.1 Å². The number of imidazole rings is 1. The Morgan fingerprint density at radius 1 is 1.25 bits per heavy atom. The summed E-state index contributed by atoms with van der Waals surface area (Å²) in [6.45, 7) is 0. The summed E-state index contributed by atoms with van der Waals surface area (Å²) in [5, 5.41) is 18.0. The van der Waals surface area contributed by atoms with Crippen LogP contribution in [0.3, 0.4) is 0 Å². The summed E-state index contributed by atoms with van der Waals surface area (Å²) >= 11 is 0. The van der Waals surface area contributed by atoms with Crippen LogP contribution in [0.5, 0.6) is 6.01 Å². The number of hydrogen-bond donors (Lipinski definition) is 2. The smallest absolute Gasteiger partial charge is 0.328 e. The molecule has 2 N–H and O–H groups in total. The highest BCUT2D eigenvalue weighted by molar-refractivity contribution is 8.93. The van der Waals surface area contributed by atoms with Crippen LogP contribution >= 0.6 is 17.0 Å². The average molecular weight is 231 g/mol. The van der Waals surface area contributed by atoms with Crippen molar-refractivity contribution in [1.29, 1.82) is 0 Å². The minimum atomic E-state index is -0.383. The molecule has 2 aromatic rings. The van der Waals surface area contributed by atoms with E-state index in [1.54, 1.807) is 24.3 Å². The van der Waals surface area contributed by atoms with Crippen LogP contribution in [0.4, 0.5) is 0 Å². The van der Waals surface area contributed by atoms with Gasteiger partial charge in [0.25, 0.3) is 0 Å². The second-order valence-electron chi connectivity index (χ2n) is 2.21. The van der Waals surface area contributed by atoms with Crippen molar-refractivity contribution in [3.05, 3.63) is 24.3 Å². The van der Waals surface area contributed by atoms with Gasteiger partial charge >= 0.3 is 6.01 Å². The Labute approximate surface area is 78.8 Å². The van der Waals surface area contributed by atoms with E-state index in [0.29, 0.717) is 15.8 Å². The Morgan fingerprint density at radius 3 is 2.58 bits per heavy atom. The molecular weight excluding hydrogens is 224 g/mol. The van der Waals surface area contributed by atoms with E-state index in [-0.39, 0.29) is 23.0 Å². The molecule has 0 fully saturated rings. The highest BCUT2D eigenvalue weighted by Crippen LogP contribution is 2.16. The zero-order valence-corrected chi connectivity index (χ0v) is 7.72. The summed E-state index contributed by atoms with van der Waals surface area (Å²) in [7, 11) is 0. The van der Waals surface area contributed by atoms with Crippen molar-refractivity contribution in [1.82, 2.24) is 9.71 Å². The average Bonchev–Trinajstić information content (AvgIpc) is 2.30. The molecule has 0 aliphatic heterocycles. The third-order valence-electron chi connectivity index (χ3n) is 1.52. The van der Waals surface area contributed by atoms with E-state index in [2.05, 4.69) is 4.98 Å². The molecule has 0 aliphatic carbocycles. The summed E-state index contributed by atoms with van der Waals surface area (Å²) in [6, 6.07) is 6.54. The molecule has 0 amide bonds. The van der Waals surface area contributed by atoms with Crippen molar-refractivity contribution in [2.24, 2.45) is 0 Å². The van der Waals surface area contributed by atoms with Crippen LogP contribution in [0.15, 0.2) is 24.3 Å². The zero-order valence-electron chi connectivity index (χ0n) is 6.01. The number of halogens is 1. The van der Waals surface area contributed by atoms with Crippen LogP contribution < -0.4 is 0 Å². The van der Waals surface area contributed by atoms with Gasteiger partial charge in [-0.2, -0.15) is 4.98 Å². The molecule has 0 bridgehead atoms. The van der Waals surface area contributed by atoms with E-state index in [9.17, 15) is 0 Å². The minimum Gasteiger partial charge on any atom is -0.478 e. The summed E-state index contributed by atoms with van der Waals surface area (Å²) in [5.74, 6) is 0. The molecule has 1 aromatic heterocycles. The first-order valence-corrected chi connectivity index (χ1v) is 3.15. The maximum Gasteiger partial charge on any atom is 0.328 e. The summed E-state index contributed by atoms with van der Waals surface area (Å²) < 4.78 is 0.648. The molecule has 0 radical (unpaired) electrons. The Kier molecular flexibility index (Phi) is 2.23. The lowest BCUT2D eigenvalue weighted by Crippen LogP contribution is -1.86. The van der Waals surface area contributed by atoms with Gasteiger partial charge in [0.1, 0.15) is 5.52 Å². The molecule has 12 heavy (non-hydrogen) atoms. The van der Waals surface area contributed by atoms with Crippen molar-refractivity contribution in [3.8, 4) is 6.01 Å². The second-order valence-corrected chi connectivity index (χ2v) is 2.21. The van der Waals surface area contributed by atoms with Crippen LogP contribution in [0, 0.1) is 0 Å². The molecule has 0 saturated heterocycles. The van der Waals surface area contributed by atoms with Gasteiger partial charge in [-0.15, -0.1) is 21.7 Å². The van der Waals surface area contributed by atoms with Gasteiger partial charge in [-0.25, -0.2) is 0 Å². The molecular formula is C7H7BrN2O2. The zero-order chi connectivity index (χ0) is 7.84. The number of nitrogens with zero attached hydrogens (tertiary/aromatic N) is 2. The molecule has 0 atom stereocenters. The van der Waals surface area contributed by atoms with Gasteiger partial charge in [0.15, 0.2) is 0 Å². The Hall–Kier alpha value is -1.23. The summed E-state index contributed by atoms with van der Waals surface area (Å²) in [5.41, 5.74) is 1.08. The largest absolute Gasteiger partial charge is 0.478 e. The van der Waals surface area contributed by atoms with Crippen molar-refractivity contribution in [2.45, 2.75) is 0 Å². The first-order valence-electron chi connectivity index (χ1n) is 3.15. The lowest BCUT2D eigenvalue weighted by atomic mass is 10.3. The Morgan fingerprint density at radius 2 is 1.92 bits per heavy atom. The monoisotopic (exact) mass is 230 g/mol. The van der Waals surface area contributed by atoms with E-state index < -0.39 is 0 Å². The normalized spacial score (nSPS) is 9.67. The summed E-state index contributed by atoms with van der Waals surface area (Å²) in [4.78, 5) is 3.68. The molecule has 2 rings (SSSR count). The van der Waals surface area contributed by atoms with E-state index in [0.717, 1.165) is 0 Å². The quantitative estimate of drug-likeness (QED) is 0.676. The van der Waals surface area contributed by atoms with Gasteiger partial charge in [0.2, 0.25) is 0 Å². The lowest BCUT2D eigenvalue weighted by molar-refractivity contribution is 0.162. The number of rotatable bonds is 0. The lowest BCUT2D eigenvalue weighted by Gasteiger charge is -1.90. The summed E-state index contributed by atoms with van der Waals surface area (Å²) in [6.07, 6.45) is 0. The Balaban J connectivity index is 0.000000720. The molecule has 1 aromatic carbocycles. The Bertz CT molecular complexity index is 399. The molecule has 0 aliphatic rings. The fourth-order valence-electron chi connectivity index (χ4n) is 1.00. The van der Waals surface area contributed by atoms with Crippen molar-refractivity contribution in [2.75, 3.05) is 0 Å². The topological polar surface area (TPSA) is 58.3 Å². The predicted octanol–water partition coefficient (Wildman–Crippen LogP) is 1.56. The standard InChI is InChI=1S/C7H6N2O2.BrH/c10-7-8-5-3-1-2-4-6(5)9(7)11;/h1-4,11H,(H,8,10);1H. The molecule has 0 unspecified atom stereocenters. The third-order valence-corrected chi connectivity index (χ3v) is 1.52. The predicted molar refractivity (Wildman–Crippen MR) is 48.9 cm³/mol. The van der Waals surface area contributed by atoms with E-state index in [1.807, 2.05) is 0 Å². The number of fused-ring (bicyclic) bond motifs is 1. The number of hydrogen-bond acceptors (Lipinski definition) is 3. The highest BCUT2D eigenvalue weighted by atomic mass is 79.9. The first-order chi connectivity index (χ1) is 5.29. The van der Waals surface area contributed by atoms with Gasteiger partial charge in [0.05, 0.1) is 5.52 Å². The maximum absolute atomic E-state index is 9.10. The number of para-hydroxylation sites is 2. The SMILES string of the molecule is Br.Oc1nc2ccccc2n1O. The van der Waals surface area contributed by atoms with Crippen molar-refractivity contribution in [3.63, 3.8) is 0 Å². The molecule has 5 heteroatoms. The number of benzene rings is 1. The minimum absolute atomic E-state index is 0. The van der Waals surface area contributed by atoms with E-state index in [4.69, 9.17) is 10.3 Å². The molecule has 0 spiro atoms. The van der Waals surface area contributed by atoms with Crippen molar-refractivity contribution >= 4 is 28.0 Å². The van der Waals surface area contributed by atoms with Crippen LogP contribution in [-0.4, -0.2) is 20.0 Å². The maximum atomic E-state index is 9.10. The molecule has 1 heterocycles. The molecule has 64 valence electrons. The van der Waals surface area contributed by atoms with Crippen LogP contribution in [0.25, 0.3) is 11.0 Å². The molecule has 0 saturated carbocycles. The van der Waals surface area contributed by atoms with Crippen molar-refractivity contribution < 1.29 is 10.3 Å². The third kappa shape index (κ3) is 1.12. The second kappa shape index (κ2) is 3.02. The van der Waals surface area contributed by atoms with Gasteiger partial charge in [-0.3, -0.25) is 0 Å². The number of aromatic nitrogens is 2. The van der Waals surface area contributed by atoms with E-state index >= 15 is 0 Å². The molecule has 4 nitrogen and oxygen atoms in total. The fraction of sp³-hybridized carbons (Fsp3) is 0. The van der Waals surface area contributed by atoms with Crippen LogP contribution in [0.1, 0.15) is 0 Å². The van der Waals surface area contributed by atoms with Crippen LogP contribution in [0.2, 0.25) is 0 Å². The highest BCUT2D eigenvalue weighted by Gasteiger charge is 2.05. The van der Waals surface area contributed by atoms with Gasteiger partial charge in [-0.1, -0.05) is 12.1 Å². The van der Waals surface area contributed by atoms with Crippen LogP contribution in [-0.2, 0) is 0 Å². The first kappa shape index (κ1) is 8.86. The van der Waals surface area contributed by atoms with Gasteiger partial charge < -0.3 is 10.3 Å². The van der Waals surface area contributed by atoms with E-state index in [1.165, 1.54) is 0 Å².